The number of nitrogens with zero attached hydrogens (tertiary/aromatic N) is 3. The number of hydrogen-bond acceptors (Lipinski definition) is 3. The largest absolute Gasteiger partial charge is 0.356 e. The molecule has 0 N–H and O–H groups in total. The van der Waals surface area contributed by atoms with Crippen molar-refractivity contribution in [3.63, 3.8) is 0 Å². The Balaban J connectivity index is 2.27. The van der Waals surface area contributed by atoms with Gasteiger partial charge >= 0.3 is 0 Å². The number of aromatic nitrogens is 2. The fourth-order valence-electron chi connectivity index (χ4n) is 2.43. The summed E-state index contributed by atoms with van der Waals surface area (Å²) in [6, 6.07) is 4.12. The molecule has 1 aromatic carbocycles. The van der Waals surface area contributed by atoms with Crippen LogP contribution >= 0.6 is 27.5 Å². The summed E-state index contributed by atoms with van der Waals surface area (Å²) < 4.78 is 1.05. The van der Waals surface area contributed by atoms with E-state index in [0.29, 0.717) is 5.28 Å². The topological polar surface area (TPSA) is 29.0 Å². The third kappa shape index (κ3) is 1.97. The van der Waals surface area contributed by atoms with E-state index in [1.807, 2.05) is 6.92 Å². The number of aryl methyl sites for hydroxylation is 1. The highest BCUT2D eigenvalue weighted by molar-refractivity contribution is 9.10. The maximum Gasteiger partial charge on any atom is 0.224 e. The molecule has 2 aromatic rings. The van der Waals surface area contributed by atoms with Gasteiger partial charge in [-0.05, 0) is 49.1 Å². The lowest BCUT2D eigenvalue weighted by atomic mass is 10.1. The number of hydrogen-bond donors (Lipinski definition) is 0. The molecule has 0 radical (unpaired) electrons. The summed E-state index contributed by atoms with van der Waals surface area (Å²) in [5.41, 5.74) is 2.04. The molecule has 0 spiro atoms. The summed E-state index contributed by atoms with van der Waals surface area (Å²) in [6.07, 6.45) is 2.44. The second-order valence-electron chi connectivity index (χ2n) is 4.58. The van der Waals surface area contributed by atoms with Gasteiger partial charge < -0.3 is 4.90 Å². The van der Waals surface area contributed by atoms with E-state index in [9.17, 15) is 0 Å². The van der Waals surface area contributed by atoms with Crippen LogP contribution in [0.15, 0.2) is 16.6 Å². The zero-order valence-corrected chi connectivity index (χ0v) is 12.4. The Labute approximate surface area is 119 Å². The Bertz CT molecular complexity index is 609. The van der Waals surface area contributed by atoms with E-state index in [0.717, 1.165) is 39.8 Å². The van der Waals surface area contributed by atoms with Crippen molar-refractivity contribution >= 4 is 44.3 Å². The monoisotopic (exact) mass is 325 g/mol. The molecule has 0 unspecified atom stereocenters. The minimum atomic E-state index is 0.325. The molecule has 0 saturated carbocycles. The summed E-state index contributed by atoms with van der Waals surface area (Å²) in [7, 11) is 0. The molecule has 1 fully saturated rings. The third-order valence-corrected chi connectivity index (χ3v) is 4.44. The Morgan fingerprint density at radius 1 is 1.22 bits per heavy atom. The summed E-state index contributed by atoms with van der Waals surface area (Å²) in [4.78, 5) is 11.1. The summed E-state index contributed by atoms with van der Waals surface area (Å²) in [5.74, 6) is 0.970. The molecule has 0 amide bonds. The van der Waals surface area contributed by atoms with Gasteiger partial charge in [-0.15, -0.1) is 0 Å². The normalized spacial score (nSPS) is 15.6. The number of anilines is 1. The zero-order valence-electron chi connectivity index (χ0n) is 10.1. The number of halogens is 2. The van der Waals surface area contributed by atoms with Crippen LogP contribution in [0, 0.1) is 6.92 Å². The van der Waals surface area contributed by atoms with Gasteiger partial charge in [0.15, 0.2) is 0 Å². The molecular formula is C13H13BrClN3. The first-order chi connectivity index (χ1) is 8.66. The first-order valence-corrected chi connectivity index (χ1v) is 7.21. The van der Waals surface area contributed by atoms with Crippen LogP contribution in [0.4, 0.5) is 5.82 Å². The smallest absolute Gasteiger partial charge is 0.224 e. The Hall–Kier alpha value is -0.870. The van der Waals surface area contributed by atoms with Crippen molar-refractivity contribution in [1.29, 1.82) is 0 Å². The fourth-order valence-corrected chi connectivity index (χ4v) is 2.92. The van der Waals surface area contributed by atoms with Gasteiger partial charge in [-0.2, -0.15) is 4.98 Å². The molecule has 0 bridgehead atoms. The molecule has 1 aliphatic rings. The average molecular weight is 327 g/mol. The minimum absolute atomic E-state index is 0.325. The van der Waals surface area contributed by atoms with Crippen molar-refractivity contribution in [1.82, 2.24) is 9.97 Å². The van der Waals surface area contributed by atoms with E-state index < -0.39 is 0 Å². The Kier molecular flexibility index (Phi) is 3.16. The van der Waals surface area contributed by atoms with Crippen molar-refractivity contribution < 1.29 is 0 Å². The molecule has 3 nitrogen and oxygen atoms in total. The first-order valence-electron chi connectivity index (χ1n) is 6.04. The Morgan fingerprint density at radius 2 is 1.94 bits per heavy atom. The molecule has 5 heteroatoms. The molecular weight excluding hydrogens is 314 g/mol. The van der Waals surface area contributed by atoms with Crippen LogP contribution in [0.25, 0.3) is 10.9 Å². The summed E-state index contributed by atoms with van der Waals surface area (Å²) in [5, 5.41) is 1.41. The average Bonchev–Trinajstić information content (AvgIpc) is 2.87. The second kappa shape index (κ2) is 4.67. The van der Waals surface area contributed by atoms with Crippen LogP contribution in [-0.4, -0.2) is 23.1 Å². The van der Waals surface area contributed by atoms with Crippen molar-refractivity contribution in [2.24, 2.45) is 0 Å². The van der Waals surface area contributed by atoms with Crippen molar-refractivity contribution in [3.05, 3.63) is 27.5 Å². The highest BCUT2D eigenvalue weighted by Gasteiger charge is 2.18. The van der Waals surface area contributed by atoms with Crippen LogP contribution in [0.5, 0.6) is 0 Å². The third-order valence-electron chi connectivity index (χ3n) is 3.41. The molecule has 0 atom stereocenters. The van der Waals surface area contributed by atoms with Crippen LogP contribution in [0.1, 0.15) is 18.4 Å². The van der Waals surface area contributed by atoms with Gasteiger partial charge in [0.1, 0.15) is 5.82 Å². The number of benzene rings is 1. The zero-order chi connectivity index (χ0) is 12.7. The molecule has 1 saturated heterocycles. The van der Waals surface area contributed by atoms with Gasteiger partial charge in [0, 0.05) is 22.9 Å². The maximum absolute atomic E-state index is 6.06. The summed E-state index contributed by atoms with van der Waals surface area (Å²) >= 11 is 9.59. The molecule has 1 aliphatic heterocycles. The van der Waals surface area contributed by atoms with Crippen LogP contribution in [-0.2, 0) is 0 Å². The van der Waals surface area contributed by atoms with Gasteiger partial charge in [-0.25, -0.2) is 4.98 Å². The predicted octanol–water partition coefficient (Wildman–Crippen LogP) is 3.95. The molecule has 18 heavy (non-hydrogen) atoms. The van der Waals surface area contributed by atoms with Crippen molar-refractivity contribution in [2.45, 2.75) is 19.8 Å². The predicted molar refractivity (Wildman–Crippen MR) is 78.4 cm³/mol. The van der Waals surface area contributed by atoms with E-state index in [-0.39, 0.29) is 0 Å². The van der Waals surface area contributed by atoms with Crippen molar-refractivity contribution in [2.75, 3.05) is 18.0 Å². The van der Waals surface area contributed by atoms with E-state index in [1.165, 1.54) is 12.8 Å². The molecule has 1 aromatic heterocycles. The molecule has 0 aliphatic carbocycles. The van der Waals surface area contributed by atoms with Gasteiger partial charge in [0.05, 0.1) is 5.52 Å². The van der Waals surface area contributed by atoms with E-state index in [2.05, 4.69) is 42.9 Å². The lowest BCUT2D eigenvalue weighted by Crippen LogP contribution is -2.19. The standard InChI is InChI=1S/C13H13BrClN3/c1-8-10(14)5-4-9-11(8)16-13(15)17-12(9)18-6-2-3-7-18/h4-5H,2-3,6-7H2,1H3. The van der Waals surface area contributed by atoms with Crippen LogP contribution in [0.3, 0.4) is 0 Å². The lowest BCUT2D eigenvalue weighted by molar-refractivity contribution is 0.939. The number of rotatable bonds is 1. The SMILES string of the molecule is Cc1c(Br)ccc2c(N3CCCC3)nc(Cl)nc12. The number of fused-ring (bicyclic) bond motifs is 1. The fraction of sp³-hybridized carbons (Fsp3) is 0.385. The van der Waals surface area contributed by atoms with Gasteiger partial charge in [0.25, 0.3) is 0 Å². The summed E-state index contributed by atoms with van der Waals surface area (Å²) in [6.45, 7) is 4.15. The van der Waals surface area contributed by atoms with Crippen LogP contribution < -0.4 is 4.90 Å². The quantitative estimate of drug-likeness (QED) is 0.743. The van der Waals surface area contributed by atoms with Gasteiger partial charge in [-0.1, -0.05) is 15.9 Å². The highest BCUT2D eigenvalue weighted by Crippen LogP contribution is 2.32. The van der Waals surface area contributed by atoms with E-state index in [1.54, 1.807) is 0 Å². The first kappa shape index (κ1) is 12.2. The van der Waals surface area contributed by atoms with E-state index >= 15 is 0 Å². The lowest BCUT2D eigenvalue weighted by Gasteiger charge is -2.19. The second-order valence-corrected chi connectivity index (χ2v) is 5.77. The Morgan fingerprint density at radius 3 is 2.67 bits per heavy atom. The minimum Gasteiger partial charge on any atom is -0.356 e. The highest BCUT2D eigenvalue weighted by atomic mass is 79.9. The molecule has 3 rings (SSSR count). The molecule has 94 valence electrons. The van der Waals surface area contributed by atoms with Gasteiger partial charge in [-0.3, -0.25) is 0 Å². The van der Waals surface area contributed by atoms with Crippen LogP contribution in [0.2, 0.25) is 5.28 Å². The molecule has 2 heterocycles. The van der Waals surface area contributed by atoms with E-state index in [4.69, 9.17) is 11.6 Å². The van der Waals surface area contributed by atoms with Crippen molar-refractivity contribution in [3.8, 4) is 0 Å². The van der Waals surface area contributed by atoms with Gasteiger partial charge in [0.2, 0.25) is 5.28 Å². The maximum atomic E-state index is 6.06.